The first-order valence-electron chi connectivity index (χ1n) is 7.13. The van der Waals surface area contributed by atoms with Gasteiger partial charge in [0.15, 0.2) is 9.84 Å². The number of carbonyl (C=O) groups is 1. The van der Waals surface area contributed by atoms with Gasteiger partial charge in [0.25, 0.3) is 0 Å². The van der Waals surface area contributed by atoms with E-state index in [-0.39, 0.29) is 16.3 Å². The van der Waals surface area contributed by atoms with Crippen LogP contribution >= 0.6 is 0 Å². The van der Waals surface area contributed by atoms with Gasteiger partial charge in [-0.25, -0.2) is 8.42 Å². The van der Waals surface area contributed by atoms with Crippen LogP contribution in [0.25, 0.3) is 0 Å². The Hall–Kier alpha value is -1.40. The molecule has 0 bridgehead atoms. The van der Waals surface area contributed by atoms with E-state index in [1.165, 1.54) is 6.26 Å². The lowest BCUT2D eigenvalue weighted by Gasteiger charge is -2.22. The minimum Gasteiger partial charge on any atom is -0.352 e. The summed E-state index contributed by atoms with van der Waals surface area (Å²) >= 11 is 0. The summed E-state index contributed by atoms with van der Waals surface area (Å²) in [5.41, 5.74) is 6.69. The van der Waals surface area contributed by atoms with Crippen molar-refractivity contribution in [2.75, 3.05) is 6.26 Å². The van der Waals surface area contributed by atoms with Crippen molar-refractivity contribution in [1.29, 1.82) is 0 Å². The standard InChI is InChI=1S/C15H22N2O3S/c1-21(19,20)13-6-4-12(5-7-13)11-17-14(18)10-15(16)8-2-3-9-15/h4-7H,2-3,8-11,16H2,1H3,(H,17,18). The molecule has 1 fully saturated rings. The average Bonchev–Trinajstić information content (AvgIpc) is 2.82. The molecule has 0 aliphatic heterocycles. The molecular weight excluding hydrogens is 288 g/mol. The number of benzene rings is 1. The molecule has 5 nitrogen and oxygen atoms in total. The monoisotopic (exact) mass is 310 g/mol. The highest BCUT2D eigenvalue weighted by Crippen LogP contribution is 2.29. The Balaban J connectivity index is 1.86. The number of rotatable bonds is 5. The Bertz CT molecular complexity index is 602. The number of nitrogens with one attached hydrogen (secondary N) is 1. The van der Waals surface area contributed by atoms with E-state index in [9.17, 15) is 13.2 Å². The maximum Gasteiger partial charge on any atom is 0.222 e. The SMILES string of the molecule is CS(=O)(=O)c1ccc(CNC(=O)CC2(N)CCCC2)cc1. The molecule has 0 saturated heterocycles. The minimum atomic E-state index is -3.18. The van der Waals surface area contributed by atoms with Gasteiger partial charge < -0.3 is 11.1 Å². The molecule has 0 atom stereocenters. The zero-order valence-electron chi connectivity index (χ0n) is 12.3. The molecule has 0 heterocycles. The first-order valence-corrected chi connectivity index (χ1v) is 9.02. The second-order valence-electron chi connectivity index (χ2n) is 5.94. The molecule has 1 aromatic carbocycles. The van der Waals surface area contributed by atoms with Gasteiger partial charge in [-0.1, -0.05) is 25.0 Å². The molecule has 1 saturated carbocycles. The molecule has 0 aromatic heterocycles. The number of nitrogens with two attached hydrogens (primary N) is 1. The van der Waals surface area contributed by atoms with E-state index < -0.39 is 9.84 Å². The van der Waals surface area contributed by atoms with E-state index in [2.05, 4.69) is 5.32 Å². The van der Waals surface area contributed by atoms with Crippen LogP contribution in [0, 0.1) is 0 Å². The topological polar surface area (TPSA) is 89.3 Å². The van der Waals surface area contributed by atoms with Gasteiger partial charge in [0.1, 0.15) is 0 Å². The molecule has 0 radical (unpaired) electrons. The van der Waals surface area contributed by atoms with Crippen molar-refractivity contribution in [2.45, 2.75) is 49.1 Å². The Labute approximate surface area is 125 Å². The zero-order valence-corrected chi connectivity index (χ0v) is 13.1. The third-order valence-electron chi connectivity index (χ3n) is 3.95. The van der Waals surface area contributed by atoms with Gasteiger partial charge in [-0.15, -0.1) is 0 Å². The fourth-order valence-corrected chi connectivity index (χ4v) is 3.32. The molecule has 3 N–H and O–H groups in total. The Kier molecular flexibility index (Phi) is 4.68. The van der Waals surface area contributed by atoms with Gasteiger partial charge in [-0.05, 0) is 30.5 Å². The van der Waals surface area contributed by atoms with E-state index in [0.29, 0.717) is 13.0 Å². The fourth-order valence-electron chi connectivity index (χ4n) is 2.69. The van der Waals surface area contributed by atoms with Crippen LogP contribution in [0.2, 0.25) is 0 Å². The predicted octanol–water partition coefficient (Wildman–Crippen LogP) is 1.37. The Morgan fingerprint density at radius 1 is 1.24 bits per heavy atom. The van der Waals surface area contributed by atoms with Crippen molar-refractivity contribution in [3.63, 3.8) is 0 Å². The number of hydrogen-bond acceptors (Lipinski definition) is 4. The molecule has 6 heteroatoms. The van der Waals surface area contributed by atoms with Crippen molar-refractivity contribution >= 4 is 15.7 Å². The number of carbonyl (C=O) groups excluding carboxylic acids is 1. The third kappa shape index (κ3) is 4.54. The van der Waals surface area contributed by atoms with Crippen LogP contribution in [0.15, 0.2) is 29.2 Å². The van der Waals surface area contributed by atoms with Gasteiger partial charge in [0, 0.05) is 24.8 Å². The van der Waals surface area contributed by atoms with Crippen LogP contribution in [0.4, 0.5) is 0 Å². The van der Waals surface area contributed by atoms with Gasteiger partial charge >= 0.3 is 0 Å². The summed E-state index contributed by atoms with van der Waals surface area (Å²) in [6, 6.07) is 6.53. The molecular formula is C15H22N2O3S. The van der Waals surface area contributed by atoms with E-state index in [4.69, 9.17) is 5.73 Å². The zero-order chi connectivity index (χ0) is 15.5. The first kappa shape index (κ1) is 16.0. The van der Waals surface area contributed by atoms with Crippen molar-refractivity contribution in [3.05, 3.63) is 29.8 Å². The largest absolute Gasteiger partial charge is 0.352 e. The average molecular weight is 310 g/mol. The predicted molar refractivity (Wildman–Crippen MR) is 81.4 cm³/mol. The summed E-state index contributed by atoms with van der Waals surface area (Å²) < 4.78 is 22.7. The summed E-state index contributed by atoms with van der Waals surface area (Å²) in [5, 5.41) is 2.84. The normalized spacial score (nSPS) is 17.6. The number of sulfone groups is 1. The van der Waals surface area contributed by atoms with E-state index in [0.717, 1.165) is 31.2 Å². The van der Waals surface area contributed by atoms with Crippen LogP contribution < -0.4 is 11.1 Å². The maximum atomic E-state index is 11.9. The summed E-state index contributed by atoms with van der Waals surface area (Å²) in [6.45, 7) is 0.388. The number of hydrogen-bond donors (Lipinski definition) is 2. The van der Waals surface area contributed by atoms with Gasteiger partial charge in [-0.3, -0.25) is 4.79 Å². The summed E-state index contributed by atoms with van der Waals surface area (Å²) in [7, 11) is -3.18. The summed E-state index contributed by atoms with van der Waals surface area (Å²) in [4.78, 5) is 12.2. The highest BCUT2D eigenvalue weighted by atomic mass is 32.2. The third-order valence-corrected chi connectivity index (χ3v) is 5.08. The Morgan fingerprint density at radius 2 is 1.81 bits per heavy atom. The van der Waals surface area contributed by atoms with Gasteiger partial charge in [0.05, 0.1) is 4.90 Å². The molecule has 21 heavy (non-hydrogen) atoms. The number of amides is 1. The maximum absolute atomic E-state index is 11.9. The van der Waals surface area contributed by atoms with E-state index in [1.54, 1.807) is 24.3 Å². The fraction of sp³-hybridized carbons (Fsp3) is 0.533. The lowest BCUT2D eigenvalue weighted by Crippen LogP contribution is -2.41. The first-order chi connectivity index (χ1) is 9.78. The molecule has 0 spiro atoms. The molecule has 1 aliphatic carbocycles. The van der Waals surface area contributed by atoms with Crippen molar-refractivity contribution in [2.24, 2.45) is 5.73 Å². The quantitative estimate of drug-likeness (QED) is 0.859. The molecule has 1 aromatic rings. The highest BCUT2D eigenvalue weighted by molar-refractivity contribution is 7.90. The Morgan fingerprint density at radius 3 is 2.33 bits per heavy atom. The molecule has 116 valence electrons. The lowest BCUT2D eigenvalue weighted by molar-refractivity contribution is -0.122. The van der Waals surface area contributed by atoms with Gasteiger partial charge in [-0.2, -0.15) is 0 Å². The highest BCUT2D eigenvalue weighted by Gasteiger charge is 2.31. The second-order valence-corrected chi connectivity index (χ2v) is 7.95. The van der Waals surface area contributed by atoms with Crippen LogP contribution in [-0.4, -0.2) is 26.1 Å². The van der Waals surface area contributed by atoms with Crippen molar-refractivity contribution < 1.29 is 13.2 Å². The molecule has 1 amide bonds. The van der Waals surface area contributed by atoms with Crippen LogP contribution in [0.1, 0.15) is 37.7 Å². The van der Waals surface area contributed by atoms with Crippen molar-refractivity contribution in [1.82, 2.24) is 5.32 Å². The van der Waals surface area contributed by atoms with Crippen LogP contribution in [0.5, 0.6) is 0 Å². The smallest absolute Gasteiger partial charge is 0.222 e. The van der Waals surface area contributed by atoms with Crippen LogP contribution in [-0.2, 0) is 21.2 Å². The summed E-state index contributed by atoms with van der Waals surface area (Å²) in [6.07, 6.45) is 5.53. The lowest BCUT2D eigenvalue weighted by atomic mass is 9.94. The van der Waals surface area contributed by atoms with Gasteiger partial charge in [0.2, 0.25) is 5.91 Å². The van der Waals surface area contributed by atoms with E-state index in [1.807, 2.05) is 0 Å². The minimum absolute atomic E-state index is 0.0495. The second kappa shape index (κ2) is 6.15. The van der Waals surface area contributed by atoms with Crippen LogP contribution in [0.3, 0.4) is 0 Å². The van der Waals surface area contributed by atoms with E-state index >= 15 is 0 Å². The molecule has 0 unspecified atom stereocenters. The molecule has 1 aliphatic rings. The summed E-state index contributed by atoms with van der Waals surface area (Å²) in [5.74, 6) is -0.0495. The van der Waals surface area contributed by atoms with Crippen molar-refractivity contribution in [3.8, 4) is 0 Å². The molecule has 2 rings (SSSR count).